The highest BCUT2D eigenvalue weighted by atomic mass is 16.5. The van der Waals surface area contributed by atoms with E-state index >= 15 is 0 Å². The van der Waals surface area contributed by atoms with Crippen LogP contribution in [0.1, 0.15) is 29.8 Å². The molecule has 1 atom stereocenters. The van der Waals surface area contributed by atoms with E-state index in [1.54, 1.807) is 0 Å². The van der Waals surface area contributed by atoms with Crippen molar-refractivity contribution in [2.75, 3.05) is 52.9 Å². The fourth-order valence-corrected chi connectivity index (χ4v) is 5.05. The zero-order valence-electron chi connectivity index (χ0n) is 17.2. The Bertz CT molecular complexity index is 885. The van der Waals surface area contributed by atoms with Crippen molar-refractivity contribution in [2.24, 2.45) is 0 Å². The maximum absolute atomic E-state index is 13.0. The van der Waals surface area contributed by atoms with E-state index in [4.69, 9.17) is 4.74 Å². The van der Waals surface area contributed by atoms with Gasteiger partial charge < -0.3 is 14.5 Å². The maximum Gasteiger partial charge on any atom is 0.272 e. The van der Waals surface area contributed by atoms with Gasteiger partial charge in [-0.05, 0) is 38.4 Å². The average Bonchev–Trinajstić information content (AvgIpc) is 3.17. The molecule has 1 aromatic carbocycles. The largest absolute Gasteiger partial charge is 0.373 e. The van der Waals surface area contributed by atoms with Crippen LogP contribution in [0.3, 0.4) is 0 Å². The Hall–Kier alpha value is -2.02. The van der Waals surface area contributed by atoms with Crippen LogP contribution in [0.25, 0.3) is 10.9 Å². The first-order valence-electron chi connectivity index (χ1n) is 10.8. The van der Waals surface area contributed by atoms with Gasteiger partial charge >= 0.3 is 0 Å². The molecule has 6 heteroatoms. The lowest BCUT2D eigenvalue weighted by Gasteiger charge is -2.39. The Morgan fingerprint density at radius 2 is 1.79 bits per heavy atom. The normalized spacial score (nSPS) is 25.7. The summed E-state index contributed by atoms with van der Waals surface area (Å²) in [5, 5.41) is 1.07. The second kappa shape index (κ2) is 7.67. The average molecular weight is 395 g/mol. The molecule has 29 heavy (non-hydrogen) atoms. The molecule has 1 spiro atoms. The minimum absolute atomic E-state index is 0.0401. The molecule has 3 aliphatic rings. The minimum Gasteiger partial charge on any atom is -0.373 e. The lowest BCUT2D eigenvalue weighted by Crippen LogP contribution is -2.50. The number of piperazine rings is 1. The lowest BCUT2D eigenvalue weighted by atomic mass is 9.87. The van der Waals surface area contributed by atoms with E-state index in [1.807, 2.05) is 41.3 Å². The summed E-state index contributed by atoms with van der Waals surface area (Å²) in [6, 6.07) is 12.3. The van der Waals surface area contributed by atoms with Crippen molar-refractivity contribution in [2.45, 2.75) is 30.9 Å². The fraction of sp³-hybridized carbons (Fsp3) is 0.565. The van der Waals surface area contributed by atoms with Gasteiger partial charge in [-0.1, -0.05) is 24.3 Å². The zero-order chi connectivity index (χ0) is 19.8. The van der Waals surface area contributed by atoms with Gasteiger partial charge in [0.1, 0.15) is 5.69 Å². The van der Waals surface area contributed by atoms with Crippen molar-refractivity contribution >= 4 is 16.8 Å². The molecule has 5 rings (SSSR count). The molecular weight excluding hydrogens is 364 g/mol. The van der Waals surface area contributed by atoms with Gasteiger partial charge in [0.05, 0.1) is 17.7 Å². The molecule has 0 saturated carbocycles. The van der Waals surface area contributed by atoms with Crippen LogP contribution in [0.4, 0.5) is 0 Å². The molecule has 2 aromatic rings. The molecule has 0 bridgehead atoms. The summed E-state index contributed by atoms with van der Waals surface area (Å²) in [6.07, 6.45) is 2.96. The highest BCUT2D eigenvalue weighted by Crippen LogP contribution is 2.38. The standard InChI is InChI=1S/C23H30N4O2/c1-25-12-14-26(15-13-25)19-16-23(29-17-19)8-10-27(11-9-23)22(28)21-7-6-18-4-2-3-5-20(18)24-21/h2-7,19H,8-17H2,1H3. The number of amides is 1. The third-order valence-corrected chi connectivity index (χ3v) is 7.02. The number of nitrogens with zero attached hydrogens (tertiary/aromatic N) is 4. The number of pyridine rings is 1. The van der Waals surface area contributed by atoms with Crippen LogP contribution in [0, 0.1) is 0 Å². The first-order chi connectivity index (χ1) is 14.1. The molecule has 3 fully saturated rings. The molecule has 154 valence electrons. The summed E-state index contributed by atoms with van der Waals surface area (Å²) < 4.78 is 6.36. The van der Waals surface area contributed by atoms with E-state index in [0.29, 0.717) is 11.7 Å². The highest BCUT2D eigenvalue weighted by Gasteiger charge is 2.45. The third-order valence-electron chi connectivity index (χ3n) is 7.02. The van der Waals surface area contributed by atoms with Gasteiger partial charge in [0.15, 0.2) is 0 Å². The van der Waals surface area contributed by atoms with E-state index < -0.39 is 0 Å². The van der Waals surface area contributed by atoms with Gasteiger partial charge in [0.25, 0.3) is 5.91 Å². The van der Waals surface area contributed by atoms with Gasteiger partial charge in [-0.15, -0.1) is 0 Å². The molecule has 0 N–H and O–H groups in total. The van der Waals surface area contributed by atoms with Crippen molar-refractivity contribution < 1.29 is 9.53 Å². The van der Waals surface area contributed by atoms with Crippen molar-refractivity contribution in [3.63, 3.8) is 0 Å². The second-order valence-electron chi connectivity index (χ2n) is 8.87. The van der Waals surface area contributed by atoms with Gasteiger partial charge in [0.2, 0.25) is 0 Å². The number of fused-ring (bicyclic) bond motifs is 1. The fourth-order valence-electron chi connectivity index (χ4n) is 5.05. The molecular formula is C23H30N4O2. The van der Waals surface area contributed by atoms with Gasteiger partial charge in [-0.2, -0.15) is 0 Å². The number of benzene rings is 1. The summed E-state index contributed by atoms with van der Waals surface area (Å²) in [5.74, 6) is 0.0409. The van der Waals surface area contributed by atoms with Crippen molar-refractivity contribution in [1.29, 1.82) is 0 Å². The van der Waals surface area contributed by atoms with Gasteiger partial charge in [-0.25, -0.2) is 4.98 Å². The first kappa shape index (κ1) is 19.0. The Morgan fingerprint density at radius 3 is 2.59 bits per heavy atom. The SMILES string of the molecule is CN1CCN(C2COC3(CCN(C(=O)c4ccc5ccccc5n4)CC3)C2)CC1. The predicted molar refractivity (Wildman–Crippen MR) is 113 cm³/mol. The van der Waals surface area contributed by atoms with Crippen LogP contribution in [0.15, 0.2) is 36.4 Å². The number of ether oxygens (including phenoxy) is 1. The summed E-state index contributed by atoms with van der Waals surface area (Å²) in [5.41, 5.74) is 1.38. The van der Waals surface area contributed by atoms with E-state index in [1.165, 1.54) is 0 Å². The number of piperidine rings is 1. The van der Waals surface area contributed by atoms with Crippen molar-refractivity contribution in [1.82, 2.24) is 19.7 Å². The van der Waals surface area contributed by atoms with Crippen LogP contribution in [0.2, 0.25) is 0 Å². The maximum atomic E-state index is 13.0. The van der Waals surface area contributed by atoms with E-state index in [-0.39, 0.29) is 11.5 Å². The second-order valence-corrected chi connectivity index (χ2v) is 8.87. The molecule has 0 aliphatic carbocycles. The van der Waals surface area contributed by atoms with Crippen molar-refractivity contribution in [3.05, 3.63) is 42.1 Å². The Kier molecular flexibility index (Phi) is 5.02. The molecule has 3 saturated heterocycles. The number of rotatable bonds is 2. The van der Waals surface area contributed by atoms with Crippen LogP contribution in [0.5, 0.6) is 0 Å². The van der Waals surface area contributed by atoms with Gasteiger partial charge in [-0.3, -0.25) is 9.69 Å². The van der Waals surface area contributed by atoms with E-state index in [9.17, 15) is 4.79 Å². The van der Waals surface area contributed by atoms with Crippen LogP contribution in [-0.4, -0.2) is 90.2 Å². The Balaban J connectivity index is 1.20. The lowest BCUT2D eigenvalue weighted by molar-refractivity contribution is -0.0396. The van der Waals surface area contributed by atoms with Crippen molar-refractivity contribution in [3.8, 4) is 0 Å². The number of carbonyl (C=O) groups excluding carboxylic acids is 1. The first-order valence-corrected chi connectivity index (χ1v) is 10.8. The number of aromatic nitrogens is 1. The number of likely N-dealkylation sites (tertiary alicyclic amines) is 1. The highest BCUT2D eigenvalue weighted by molar-refractivity contribution is 5.95. The number of hydrogen-bond donors (Lipinski definition) is 0. The summed E-state index contributed by atoms with van der Waals surface area (Å²) >= 11 is 0. The predicted octanol–water partition coefficient (Wildman–Crippen LogP) is 2.25. The van der Waals surface area contributed by atoms with Crippen LogP contribution < -0.4 is 0 Å². The van der Waals surface area contributed by atoms with Crippen LogP contribution in [-0.2, 0) is 4.74 Å². The molecule has 1 unspecified atom stereocenters. The number of likely N-dealkylation sites (N-methyl/N-ethyl adjacent to an activating group) is 1. The quantitative estimate of drug-likeness (QED) is 0.782. The minimum atomic E-state index is -0.0401. The number of para-hydroxylation sites is 1. The monoisotopic (exact) mass is 394 g/mol. The molecule has 1 amide bonds. The van der Waals surface area contributed by atoms with E-state index in [2.05, 4.69) is 21.8 Å². The Labute approximate surface area is 172 Å². The summed E-state index contributed by atoms with van der Waals surface area (Å²) in [4.78, 5) is 24.5. The smallest absolute Gasteiger partial charge is 0.272 e. The Morgan fingerprint density at radius 1 is 1.03 bits per heavy atom. The number of carbonyl (C=O) groups is 1. The summed E-state index contributed by atoms with van der Waals surface area (Å²) in [6.45, 7) is 6.91. The van der Waals surface area contributed by atoms with Gasteiger partial charge in [0, 0.05) is 50.7 Å². The van der Waals surface area contributed by atoms with E-state index in [0.717, 1.165) is 76.0 Å². The zero-order valence-corrected chi connectivity index (χ0v) is 17.2. The topological polar surface area (TPSA) is 48.9 Å². The molecule has 6 nitrogen and oxygen atoms in total. The summed E-state index contributed by atoms with van der Waals surface area (Å²) in [7, 11) is 2.20. The molecule has 3 aliphatic heterocycles. The third kappa shape index (κ3) is 3.77. The van der Waals surface area contributed by atoms with Crippen LogP contribution >= 0.6 is 0 Å². The molecule has 0 radical (unpaired) electrons. The molecule has 4 heterocycles. The molecule has 1 aromatic heterocycles. The number of hydrogen-bond acceptors (Lipinski definition) is 5.